The van der Waals surface area contributed by atoms with Crippen LogP contribution in [0.25, 0.3) is 16.9 Å². The van der Waals surface area contributed by atoms with Crippen molar-refractivity contribution < 1.29 is 4.79 Å². The first-order valence-electron chi connectivity index (χ1n) is 8.65. The zero-order valence-electron chi connectivity index (χ0n) is 14.8. The van der Waals surface area contributed by atoms with Gasteiger partial charge in [0, 0.05) is 29.8 Å². The van der Waals surface area contributed by atoms with Gasteiger partial charge in [0.2, 0.25) is 0 Å². The molecule has 4 rings (SSSR count). The summed E-state index contributed by atoms with van der Waals surface area (Å²) >= 11 is 0. The van der Waals surface area contributed by atoms with Crippen LogP contribution in [-0.2, 0) is 0 Å². The summed E-state index contributed by atoms with van der Waals surface area (Å²) in [6.07, 6.45) is 5.16. The Morgan fingerprint density at radius 1 is 0.963 bits per heavy atom. The van der Waals surface area contributed by atoms with Gasteiger partial charge < -0.3 is 5.32 Å². The lowest BCUT2D eigenvalue weighted by Gasteiger charge is -2.08. The highest BCUT2D eigenvalue weighted by atomic mass is 16.1. The first kappa shape index (κ1) is 16.7. The molecule has 1 N–H and O–H groups in total. The lowest BCUT2D eigenvalue weighted by molar-refractivity contribution is 0.102. The number of para-hydroxylation sites is 2. The first-order chi connectivity index (χ1) is 13.2. The summed E-state index contributed by atoms with van der Waals surface area (Å²) in [5, 5.41) is 7.64. The molecule has 0 aliphatic heterocycles. The Balaban J connectivity index is 1.77. The number of nitrogens with one attached hydrogen (secondary N) is 1. The van der Waals surface area contributed by atoms with Gasteiger partial charge >= 0.3 is 0 Å². The molecule has 0 aliphatic carbocycles. The molecule has 0 unspecified atom stereocenters. The van der Waals surface area contributed by atoms with E-state index in [1.165, 1.54) is 0 Å². The van der Waals surface area contributed by atoms with Crippen LogP contribution in [0.15, 0.2) is 85.3 Å². The van der Waals surface area contributed by atoms with E-state index in [1.807, 2.05) is 73.7 Å². The van der Waals surface area contributed by atoms with E-state index in [2.05, 4.69) is 15.4 Å². The number of rotatable bonds is 4. The summed E-state index contributed by atoms with van der Waals surface area (Å²) in [4.78, 5) is 17.2. The molecule has 0 saturated carbocycles. The van der Waals surface area contributed by atoms with Crippen LogP contribution in [0, 0.1) is 6.92 Å². The molecule has 0 saturated heterocycles. The van der Waals surface area contributed by atoms with Gasteiger partial charge in [-0.25, -0.2) is 4.68 Å². The van der Waals surface area contributed by atoms with Gasteiger partial charge in [-0.1, -0.05) is 36.4 Å². The highest BCUT2D eigenvalue weighted by Gasteiger charge is 2.19. The zero-order valence-corrected chi connectivity index (χ0v) is 14.8. The maximum Gasteiger partial charge on any atom is 0.259 e. The number of anilines is 1. The number of hydrogen-bond donors (Lipinski definition) is 1. The smallest absolute Gasteiger partial charge is 0.259 e. The van der Waals surface area contributed by atoms with Crippen LogP contribution < -0.4 is 5.32 Å². The number of pyridine rings is 1. The third-order valence-electron chi connectivity index (χ3n) is 4.31. The normalized spacial score (nSPS) is 10.6. The Kier molecular flexibility index (Phi) is 4.49. The fraction of sp³-hybridized carbons (Fsp3) is 0.0455. The van der Waals surface area contributed by atoms with E-state index in [9.17, 15) is 4.79 Å². The van der Waals surface area contributed by atoms with E-state index in [-0.39, 0.29) is 5.91 Å². The largest absolute Gasteiger partial charge is 0.322 e. The minimum atomic E-state index is -0.203. The molecule has 0 spiro atoms. The number of carbonyl (C=O) groups is 1. The van der Waals surface area contributed by atoms with Crippen molar-refractivity contribution in [3.8, 4) is 16.9 Å². The summed E-state index contributed by atoms with van der Waals surface area (Å²) in [7, 11) is 0. The number of aryl methyl sites for hydroxylation is 1. The highest BCUT2D eigenvalue weighted by Crippen LogP contribution is 2.24. The van der Waals surface area contributed by atoms with Crippen LogP contribution in [0.5, 0.6) is 0 Å². The first-order valence-corrected chi connectivity index (χ1v) is 8.65. The van der Waals surface area contributed by atoms with E-state index >= 15 is 0 Å². The average Bonchev–Trinajstić information content (AvgIpc) is 3.17. The summed E-state index contributed by atoms with van der Waals surface area (Å²) < 4.78 is 1.72. The molecule has 0 fully saturated rings. The van der Waals surface area contributed by atoms with Crippen molar-refractivity contribution in [1.29, 1.82) is 0 Å². The molecule has 2 aromatic carbocycles. The molecule has 5 nitrogen and oxygen atoms in total. The number of aromatic nitrogens is 3. The molecule has 0 bridgehead atoms. The molecule has 132 valence electrons. The van der Waals surface area contributed by atoms with E-state index in [1.54, 1.807) is 23.3 Å². The second-order valence-corrected chi connectivity index (χ2v) is 6.18. The predicted molar refractivity (Wildman–Crippen MR) is 106 cm³/mol. The van der Waals surface area contributed by atoms with E-state index in [0.29, 0.717) is 11.3 Å². The van der Waals surface area contributed by atoms with Crippen molar-refractivity contribution >= 4 is 11.6 Å². The van der Waals surface area contributed by atoms with Crippen LogP contribution >= 0.6 is 0 Å². The van der Waals surface area contributed by atoms with Gasteiger partial charge in [-0.3, -0.25) is 9.78 Å². The monoisotopic (exact) mass is 354 g/mol. The van der Waals surface area contributed by atoms with Crippen molar-refractivity contribution in [1.82, 2.24) is 14.8 Å². The molecule has 0 aliphatic rings. The number of nitrogens with zero attached hydrogens (tertiary/aromatic N) is 3. The standard InChI is InChI=1S/C22H18N4O/c1-16-8-5-6-12-20(16)24-22(27)19-15-26(18-10-3-2-4-11-18)25-21(19)17-9-7-13-23-14-17/h2-15H,1H3,(H,24,27). The maximum atomic E-state index is 13.0. The fourth-order valence-electron chi connectivity index (χ4n) is 2.87. The molecule has 1 amide bonds. The Labute approximate surface area is 157 Å². The minimum Gasteiger partial charge on any atom is -0.322 e. The van der Waals surface area contributed by atoms with Crippen LogP contribution in [0.1, 0.15) is 15.9 Å². The molecule has 4 aromatic rings. The van der Waals surface area contributed by atoms with Gasteiger partial charge in [0.1, 0.15) is 5.69 Å². The van der Waals surface area contributed by atoms with Crippen molar-refractivity contribution in [2.24, 2.45) is 0 Å². The van der Waals surface area contributed by atoms with Gasteiger partial charge in [-0.05, 0) is 42.8 Å². The third-order valence-corrected chi connectivity index (χ3v) is 4.31. The molecule has 5 heteroatoms. The SMILES string of the molecule is Cc1ccccc1NC(=O)c1cn(-c2ccccc2)nc1-c1cccnc1. The molecule has 27 heavy (non-hydrogen) atoms. The fourth-order valence-corrected chi connectivity index (χ4v) is 2.87. The number of hydrogen-bond acceptors (Lipinski definition) is 3. The van der Waals surface area contributed by atoms with E-state index in [4.69, 9.17) is 0 Å². The molecule has 0 atom stereocenters. The Bertz CT molecular complexity index is 1070. The highest BCUT2D eigenvalue weighted by molar-refractivity contribution is 6.08. The van der Waals surface area contributed by atoms with Gasteiger partial charge in [-0.2, -0.15) is 5.10 Å². The number of benzene rings is 2. The Hall–Kier alpha value is -3.73. The zero-order chi connectivity index (χ0) is 18.6. The van der Waals surface area contributed by atoms with Crippen molar-refractivity contribution in [2.45, 2.75) is 6.92 Å². The molecular formula is C22H18N4O. The van der Waals surface area contributed by atoms with Crippen LogP contribution in [0.4, 0.5) is 5.69 Å². The quantitative estimate of drug-likeness (QED) is 0.587. The van der Waals surface area contributed by atoms with Crippen molar-refractivity contribution in [3.05, 3.63) is 96.4 Å². The lowest BCUT2D eigenvalue weighted by Crippen LogP contribution is -2.13. The summed E-state index contributed by atoms with van der Waals surface area (Å²) in [5.74, 6) is -0.203. The average molecular weight is 354 g/mol. The number of carbonyl (C=O) groups excluding carboxylic acids is 1. The predicted octanol–water partition coefficient (Wildman–Crippen LogP) is 4.50. The molecular weight excluding hydrogens is 336 g/mol. The maximum absolute atomic E-state index is 13.0. The Morgan fingerprint density at radius 3 is 2.48 bits per heavy atom. The van der Waals surface area contributed by atoms with Crippen LogP contribution in [0.2, 0.25) is 0 Å². The Morgan fingerprint density at radius 2 is 1.74 bits per heavy atom. The summed E-state index contributed by atoms with van der Waals surface area (Å²) in [6.45, 7) is 1.96. The second kappa shape index (κ2) is 7.25. The van der Waals surface area contributed by atoms with E-state index < -0.39 is 0 Å². The van der Waals surface area contributed by atoms with Crippen LogP contribution in [0.3, 0.4) is 0 Å². The summed E-state index contributed by atoms with van der Waals surface area (Å²) in [6, 6.07) is 21.1. The van der Waals surface area contributed by atoms with Crippen molar-refractivity contribution in [3.63, 3.8) is 0 Å². The van der Waals surface area contributed by atoms with Gasteiger partial charge in [-0.15, -0.1) is 0 Å². The molecule has 0 radical (unpaired) electrons. The minimum absolute atomic E-state index is 0.203. The summed E-state index contributed by atoms with van der Waals surface area (Å²) in [5.41, 5.74) is 4.56. The number of amides is 1. The van der Waals surface area contributed by atoms with Gasteiger partial charge in [0.15, 0.2) is 0 Å². The van der Waals surface area contributed by atoms with E-state index in [0.717, 1.165) is 22.5 Å². The topological polar surface area (TPSA) is 59.8 Å². The lowest BCUT2D eigenvalue weighted by atomic mass is 10.1. The van der Waals surface area contributed by atoms with Gasteiger partial charge in [0.05, 0.1) is 11.3 Å². The van der Waals surface area contributed by atoms with Gasteiger partial charge in [0.25, 0.3) is 5.91 Å². The third kappa shape index (κ3) is 3.48. The second-order valence-electron chi connectivity index (χ2n) is 6.18. The molecule has 2 heterocycles. The molecule has 2 aromatic heterocycles. The van der Waals surface area contributed by atoms with Crippen LogP contribution in [-0.4, -0.2) is 20.7 Å². The van der Waals surface area contributed by atoms with Crippen molar-refractivity contribution in [2.75, 3.05) is 5.32 Å².